The molecule has 2 aliphatic heterocycles. The van der Waals surface area contributed by atoms with Crippen molar-refractivity contribution in [2.24, 2.45) is 5.92 Å². The number of non-ortho nitro benzene ring substituents is 1. The Balaban J connectivity index is 1.60. The van der Waals surface area contributed by atoms with E-state index in [0.717, 1.165) is 10.5 Å². The maximum absolute atomic E-state index is 13.5. The third-order valence-electron chi connectivity index (χ3n) is 6.14. The lowest BCUT2D eigenvalue weighted by Gasteiger charge is -2.28. The summed E-state index contributed by atoms with van der Waals surface area (Å²) in [6.45, 7) is 0.0370. The molecule has 2 aliphatic rings. The van der Waals surface area contributed by atoms with Crippen molar-refractivity contribution in [2.75, 3.05) is 5.06 Å². The quantitative estimate of drug-likeness (QED) is 0.301. The number of nitro benzene ring substituents is 2. The zero-order valence-corrected chi connectivity index (χ0v) is 18.1. The molecule has 0 N–H and O–H groups in total. The van der Waals surface area contributed by atoms with Crippen LogP contribution in [-0.4, -0.2) is 32.7 Å². The SMILES string of the molecule is O=C1[C@@H]2[C@@H](ON(c3cccc([N+](=O)[O-])c3)[C@H]2c2ccccc2[N+](=O)[O-])C(=O)N1Cc1ccccc1. The van der Waals surface area contributed by atoms with Crippen LogP contribution >= 0.6 is 0 Å². The molecule has 5 rings (SSSR count). The molecule has 2 saturated heterocycles. The van der Waals surface area contributed by atoms with Gasteiger partial charge in [0, 0.05) is 18.2 Å². The summed E-state index contributed by atoms with van der Waals surface area (Å²) in [7, 11) is 0. The summed E-state index contributed by atoms with van der Waals surface area (Å²) in [5.74, 6) is -2.17. The number of carbonyl (C=O) groups is 2. The predicted molar refractivity (Wildman–Crippen MR) is 122 cm³/mol. The van der Waals surface area contributed by atoms with Gasteiger partial charge in [-0.15, -0.1) is 0 Å². The maximum atomic E-state index is 13.5. The molecular weight excluding hydrogens is 456 g/mol. The Bertz CT molecular complexity index is 1350. The molecular formula is C24H18N4O7. The molecule has 2 heterocycles. The predicted octanol–water partition coefficient (Wildman–Crippen LogP) is 3.55. The molecule has 0 unspecified atom stereocenters. The van der Waals surface area contributed by atoms with Crippen molar-refractivity contribution in [3.63, 3.8) is 0 Å². The van der Waals surface area contributed by atoms with E-state index >= 15 is 0 Å². The first kappa shape index (κ1) is 22.2. The van der Waals surface area contributed by atoms with Gasteiger partial charge in [-0.25, -0.2) is 5.06 Å². The highest BCUT2D eigenvalue weighted by Gasteiger charge is 2.60. The van der Waals surface area contributed by atoms with Crippen molar-refractivity contribution in [2.45, 2.75) is 18.7 Å². The first-order valence-corrected chi connectivity index (χ1v) is 10.7. The summed E-state index contributed by atoms with van der Waals surface area (Å²) in [5, 5.41) is 24.3. The van der Waals surface area contributed by atoms with Gasteiger partial charge in [-0.2, -0.15) is 0 Å². The average molecular weight is 474 g/mol. The zero-order chi connectivity index (χ0) is 24.7. The molecule has 0 saturated carbocycles. The Hall–Kier alpha value is -4.64. The van der Waals surface area contributed by atoms with Gasteiger partial charge in [0.1, 0.15) is 12.0 Å². The number of fused-ring (bicyclic) bond motifs is 1. The Kier molecular flexibility index (Phi) is 5.46. The van der Waals surface area contributed by atoms with Crippen molar-refractivity contribution in [3.05, 3.63) is 110 Å². The summed E-state index contributed by atoms with van der Waals surface area (Å²) in [6.07, 6.45) is -1.23. The van der Waals surface area contributed by atoms with Crippen molar-refractivity contribution >= 4 is 28.9 Å². The van der Waals surface area contributed by atoms with Crippen LogP contribution in [0, 0.1) is 26.1 Å². The van der Waals surface area contributed by atoms with Crippen LogP contribution in [0.3, 0.4) is 0 Å². The van der Waals surface area contributed by atoms with E-state index in [4.69, 9.17) is 4.84 Å². The van der Waals surface area contributed by atoms with Gasteiger partial charge in [-0.05, 0) is 17.7 Å². The molecule has 2 fully saturated rings. The summed E-state index contributed by atoms with van der Waals surface area (Å²) in [4.78, 5) is 55.8. The largest absolute Gasteiger partial charge is 0.275 e. The summed E-state index contributed by atoms with van der Waals surface area (Å²) in [6, 6.07) is 19.3. The molecule has 0 aromatic heterocycles. The zero-order valence-electron chi connectivity index (χ0n) is 18.1. The fourth-order valence-corrected chi connectivity index (χ4v) is 4.58. The van der Waals surface area contributed by atoms with Crippen molar-refractivity contribution in [1.82, 2.24) is 4.90 Å². The topological polar surface area (TPSA) is 136 Å². The first-order chi connectivity index (χ1) is 16.9. The van der Waals surface area contributed by atoms with Crippen molar-refractivity contribution < 1.29 is 24.3 Å². The third-order valence-corrected chi connectivity index (χ3v) is 6.14. The van der Waals surface area contributed by atoms with Gasteiger partial charge in [0.15, 0.2) is 6.10 Å². The molecule has 3 aromatic carbocycles. The highest BCUT2D eigenvalue weighted by molar-refractivity contribution is 6.07. The Morgan fingerprint density at radius 2 is 1.54 bits per heavy atom. The van der Waals surface area contributed by atoms with E-state index in [9.17, 15) is 29.8 Å². The smallest absolute Gasteiger partial charge is 0.274 e. The average Bonchev–Trinajstić information content (AvgIpc) is 3.36. The molecule has 35 heavy (non-hydrogen) atoms. The standard InChI is InChI=1S/C24H18N4O7/c29-23-20-21(18-11-4-5-12-19(18)28(33)34)26(16-9-6-10-17(13-16)27(31)32)35-22(20)24(30)25(23)14-15-7-2-1-3-8-15/h1-13,20-22H,14H2/t20-,21-,22+/m0/s1. The lowest BCUT2D eigenvalue weighted by Crippen LogP contribution is -2.37. The van der Waals surface area contributed by atoms with E-state index in [0.29, 0.717) is 0 Å². The van der Waals surface area contributed by atoms with Crippen LogP contribution in [0.15, 0.2) is 78.9 Å². The van der Waals surface area contributed by atoms with Crippen LogP contribution in [-0.2, 0) is 21.0 Å². The van der Waals surface area contributed by atoms with E-state index in [1.807, 2.05) is 6.07 Å². The minimum absolute atomic E-state index is 0.0370. The Morgan fingerprint density at radius 1 is 0.829 bits per heavy atom. The first-order valence-electron chi connectivity index (χ1n) is 10.7. The number of nitro groups is 2. The molecule has 2 amide bonds. The highest BCUT2D eigenvalue weighted by atomic mass is 16.7. The third kappa shape index (κ3) is 3.77. The van der Waals surface area contributed by atoms with Crippen LogP contribution in [0.4, 0.5) is 17.1 Å². The number of likely N-dealkylation sites (tertiary alicyclic amines) is 1. The normalized spacial score (nSPS) is 21.3. The van der Waals surface area contributed by atoms with Gasteiger partial charge in [0.25, 0.3) is 17.3 Å². The summed E-state index contributed by atoms with van der Waals surface area (Å²) >= 11 is 0. The summed E-state index contributed by atoms with van der Waals surface area (Å²) in [5.41, 5.74) is 0.630. The van der Waals surface area contributed by atoms with E-state index in [-0.39, 0.29) is 29.2 Å². The van der Waals surface area contributed by atoms with Gasteiger partial charge in [0.05, 0.1) is 27.6 Å². The van der Waals surface area contributed by atoms with Gasteiger partial charge < -0.3 is 0 Å². The number of hydroxylamine groups is 1. The number of carbonyl (C=O) groups excluding carboxylic acids is 2. The second kappa shape index (κ2) is 8.61. The van der Waals surface area contributed by atoms with Crippen molar-refractivity contribution in [1.29, 1.82) is 0 Å². The van der Waals surface area contributed by atoms with Crippen LogP contribution in [0.25, 0.3) is 0 Å². The molecule has 0 spiro atoms. The van der Waals surface area contributed by atoms with E-state index in [1.54, 1.807) is 30.3 Å². The van der Waals surface area contributed by atoms with Gasteiger partial charge >= 0.3 is 0 Å². The number of amides is 2. The lowest BCUT2D eigenvalue weighted by molar-refractivity contribution is -0.385. The van der Waals surface area contributed by atoms with Crippen LogP contribution in [0.1, 0.15) is 17.2 Å². The van der Waals surface area contributed by atoms with E-state index < -0.39 is 39.7 Å². The van der Waals surface area contributed by atoms with E-state index in [2.05, 4.69) is 0 Å². The number of benzene rings is 3. The number of hydrogen-bond acceptors (Lipinski definition) is 8. The van der Waals surface area contributed by atoms with E-state index in [1.165, 1.54) is 47.5 Å². The molecule has 3 atom stereocenters. The number of imide groups is 1. The van der Waals surface area contributed by atoms with Gasteiger partial charge in [0.2, 0.25) is 5.91 Å². The molecule has 0 radical (unpaired) electrons. The lowest BCUT2D eigenvalue weighted by atomic mass is 9.89. The van der Waals surface area contributed by atoms with Crippen LogP contribution < -0.4 is 5.06 Å². The fraction of sp³-hybridized carbons (Fsp3) is 0.167. The van der Waals surface area contributed by atoms with Crippen LogP contribution in [0.5, 0.6) is 0 Å². The minimum atomic E-state index is -1.23. The number of nitrogens with zero attached hydrogens (tertiary/aromatic N) is 4. The molecule has 176 valence electrons. The Morgan fingerprint density at radius 3 is 2.26 bits per heavy atom. The fourth-order valence-electron chi connectivity index (χ4n) is 4.58. The maximum Gasteiger partial charge on any atom is 0.274 e. The highest BCUT2D eigenvalue weighted by Crippen LogP contribution is 2.49. The monoisotopic (exact) mass is 474 g/mol. The second-order valence-corrected chi connectivity index (χ2v) is 8.16. The summed E-state index contributed by atoms with van der Waals surface area (Å²) < 4.78 is 0. The molecule has 11 nitrogen and oxygen atoms in total. The molecule has 0 bridgehead atoms. The Labute approximate surface area is 198 Å². The van der Waals surface area contributed by atoms with Gasteiger partial charge in [-0.1, -0.05) is 48.5 Å². The number of hydrogen-bond donors (Lipinski definition) is 0. The molecule has 0 aliphatic carbocycles. The van der Waals surface area contributed by atoms with Crippen LogP contribution in [0.2, 0.25) is 0 Å². The second-order valence-electron chi connectivity index (χ2n) is 8.16. The number of rotatable bonds is 6. The number of anilines is 1. The van der Waals surface area contributed by atoms with Crippen molar-refractivity contribution in [3.8, 4) is 0 Å². The van der Waals surface area contributed by atoms with Gasteiger partial charge in [-0.3, -0.25) is 39.6 Å². The molecule has 11 heteroatoms. The molecule has 3 aromatic rings. The minimum Gasteiger partial charge on any atom is -0.275 e. The number of para-hydroxylation sites is 1.